The molecule has 3 aromatic rings. The van der Waals surface area contributed by atoms with E-state index in [2.05, 4.69) is 25.8 Å². The summed E-state index contributed by atoms with van der Waals surface area (Å²) in [6, 6.07) is 10.6. The minimum atomic E-state index is -0.839. The molecular formula is C21H20BrN3O3. The molecule has 1 saturated heterocycles. The van der Waals surface area contributed by atoms with E-state index in [0.29, 0.717) is 19.6 Å². The Labute approximate surface area is 169 Å². The zero-order chi connectivity index (χ0) is 19.4. The van der Waals surface area contributed by atoms with Crippen LogP contribution in [0.25, 0.3) is 10.9 Å². The lowest BCUT2D eigenvalue weighted by molar-refractivity contribution is -0.144. The summed E-state index contributed by atoms with van der Waals surface area (Å²) >= 11 is 3.46. The number of aliphatic carboxylic acids is 1. The number of fused-ring (bicyclic) bond motifs is 5. The minimum Gasteiger partial charge on any atom is -0.480 e. The van der Waals surface area contributed by atoms with Gasteiger partial charge in [-0.2, -0.15) is 0 Å². The van der Waals surface area contributed by atoms with Crippen molar-refractivity contribution in [2.24, 2.45) is 5.92 Å². The van der Waals surface area contributed by atoms with Crippen molar-refractivity contribution in [2.45, 2.75) is 24.9 Å². The first-order chi connectivity index (χ1) is 13.5. The Balaban J connectivity index is 1.54. The molecule has 0 aliphatic carbocycles. The predicted molar refractivity (Wildman–Crippen MR) is 109 cm³/mol. The smallest absolute Gasteiger partial charge is 0.325 e. The minimum absolute atomic E-state index is 0.0395. The highest BCUT2D eigenvalue weighted by Crippen LogP contribution is 2.39. The highest BCUT2D eigenvalue weighted by Gasteiger charge is 2.40. The van der Waals surface area contributed by atoms with Gasteiger partial charge >= 0.3 is 5.97 Å². The average molecular weight is 442 g/mol. The van der Waals surface area contributed by atoms with Crippen molar-refractivity contribution in [3.63, 3.8) is 0 Å². The van der Waals surface area contributed by atoms with E-state index in [-0.39, 0.29) is 17.4 Å². The predicted octanol–water partition coefficient (Wildman–Crippen LogP) is 3.34. The number of likely N-dealkylation sites (tertiary alicyclic amines) is 1. The van der Waals surface area contributed by atoms with Crippen LogP contribution in [-0.4, -0.2) is 38.6 Å². The fourth-order valence-electron chi connectivity index (χ4n) is 4.98. The quantitative estimate of drug-likeness (QED) is 0.653. The van der Waals surface area contributed by atoms with Crippen LogP contribution in [0.15, 0.2) is 51.9 Å². The molecule has 3 atom stereocenters. The maximum atomic E-state index is 12.3. The summed E-state index contributed by atoms with van der Waals surface area (Å²) in [7, 11) is 0. The molecule has 5 rings (SSSR count). The van der Waals surface area contributed by atoms with E-state index in [4.69, 9.17) is 0 Å². The van der Waals surface area contributed by atoms with Crippen LogP contribution in [0.3, 0.4) is 0 Å². The van der Waals surface area contributed by atoms with Crippen LogP contribution in [0.2, 0.25) is 0 Å². The molecule has 2 aromatic heterocycles. The number of pyridine rings is 1. The van der Waals surface area contributed by atoms with Gasteiger partial charge in [0, 0.05) is 64.4 Å². The Morgan fingerprint density at radius 1 is 1.21 bits per heavy atom. The Morgan fingerprint density at radius 3 is 2.89 bits per heavy atom. The number of aromatic amines is 1. The monoisotopic (exact) mass is 441 g/mol. The Kier molecular flexibility index (Phi) is 4.17. The van der Waals surface area contributed by atoms with E-state index >= 15 is 0 Å². The van der Waals surface area contributed by atoms with E-state index in [1.165, 1.54) is 0 Å². The third kappa shape index (κ3) is 2.81. The first-order valence-electron chi connectivity index (χ1n) is 9.44. The topological polar surface area (TPSA) is 78.3 Å². The molecule has 4 heterocycles. The average Bonchev–Trinajstić information content (AvgIpc) is 3.05. The molecule has 0 saturated carbocycles. The highest BCUT2D eigenvalue weighted by atomic mass is 79.9. The SMILES string of the molecule is O=C(O)[C@H](c1c[nH]c2cc(Br)ccc12)N1C[C@H]2C[C@H](C1)c1cccc(=O)n1C2. The van der Waals surface area contributed by atoms with Crippen molar-refractivity contribution < 1.29 is 9.90 Å². The van der Waals surface area contributed by atoms with Crippen molar-refractivity contribution >= 4 is 32.8 Å². The van der Waals surface area contributed by atoms with Gasteiger partial charge in [-0.25, -0.2) is 0 Å². The molecule has 144 valence electrons. The molecule has 2 aliphatic rings. The normalized spacial score (nSPS) is 22.8. The van der Waals surface area contributed by atoms with Gasteiger partial charge in [-0.3, -0.25) is 14.5 Å². The summed E-state index contributed by atoms with van der Waals surface area (Å²) < 4.78 is 2.82. The summed E-state index contributed by atoms with van der Waals surface area (Å²) in [6.45, 7) is 1.98. The second kappa shape index (κ2) is 6.60. The van der Waals surface area contributed by atoms with E-state index in [1.54, 1.807) is 12.1 Å². The van der Waals surface area contributed by atoms with Crippen LogP contribution in [0.5, 0.6) is 0 Å². The van der Waals surface area contributed by atoms with Crippen molar-refractivity contribution in [1.29, 1.82) is 0 Å². The zero-order valence-electron chi connectivity index (χ0n) is 15.1. The van der Waals surface area contributed by atoms with Crippen molar-refractivity contribution in [3.8, 4) is 0 Å². The molecule has 1 fully saturated rings. The van der Waals surface area contributed by atoms with E-state index in [9.17, 15) is 14.7 Å². The number of aromatic nitrogens is 2. The van der Waals surface area contributed by atoms with Crippen molar-refractivity contribution in [2.75, 3.05) is 13.1 Å². The number of piperidine rings is 1. The van der Waals surface area contributed by atoms with Gasteiger partial charge in [0.1, 0.15) is 6.04 Å². The zero-order valence-corrected chi connectivity index (χ0v) is 16.7. The number of carboxylic acid groups (broad SMARTS) is 1. The standard InChI is InChI=1S/C21H20BrN3O3/c22-14-4-5-15-16(8-23-17(15)7-14)20(21(27)28)24-9-12-6-13(11-24)18-2-1-3-19(26)25(18)10-12/h1-5,7-8,12-13,20,23H,6,9-11H2,(H,27,28)/t12-,13-,20+/m1/s1. The number of halogens is 1. The molecule has 28 heavy (non-hydrogen) atoms. The summed E-state index contributed by atoms with van der Waals surface area (Å²) in [6.07, 6.45) is 2.83. The molecule has 2 N–H and O–H groups in total. The Bertz CT molecular complexity index is 1140. The lowest BCUT2D eigenvalue weighted by atomic mass is 9.82. The van der Waals surface area contributed by atoms with Crippen LogP contribution < -0.4 is 5.56 Å². The van der Waals surface area contributed by atoms with Gasteiger partial charge < -0.3 is 14.7 Å². The molecule has 0 amide bonds. The fourth-order valence-corrected chi connectivity index (χ4v) is 5.34. The molecule has 2 bridgehead atoms. The Hall–Kier alpha value is -2.38. The summed E-state index contributed by atoms with van der Waals surface area (Å²) in [5.74, 6) is -0.371. The number of rotatable bonds is 3. The van der Waals surface area contributed by atoms with Gasteiger partial charge in [-0.15, -0.1) is 0 Å². The number of H-pyrrole nitrogens is 1. The molecule has 0 unspecified atom stereocenters. The fraction of sp³-hybridized carbons (Fsp3) is 0.333. The van der Waals surface area contributed by atoms with Crippen LogP contribution in [-0.2, 0) is 11.3 Å². The second-order valence-electron chi connectivity index (χ2n) is 7.83. The number of hydrogen-bond donors (Lipinski definition) is 2. The van der Waals surface area contributed by atoms with Crippen LogP contribution in [0.1, 0.15) is 29.6 Å². The molecule has 2 aliphatic heterocycles. The summed E-state index contributed by atoms with van der Waals surface area (Å²) in [4.78, 5) is 29.8. The number of hydrogen-bond acceptors (Lipinski definition) is 3. The third-order valence-corrected chi connectivity index (χ3v) is 6.57. The number of nitrogens with one attached hydrogen (secondary N) is 1. The van der Waals surface area contributed by atoms with Crippen molar-refractivity contribution in [3.05, 3.63) is 68.7 Å². The highest BCUT2D eigenvalue weighted by molar-refractivity contribution is 9.10. The molecule has 0 spiro atoms. The van der Waals surface area contributed by atoms with E-state index in [1.807, 2.05) is 35.0 Å². The van der Waals surface area contributed by atoms with Gasteiger partial charge in [0.15, 0.2) is 0 Å². The van der Waals surface area contributed by atoms with Gasteiger partial charge in [-0.1, -0.05) is 28.1 Å². The Morgan fingerprint density at radius 2 is 2.07 bits per heavy atom. The van der Waals surface area contributed by atoms with Crippen LogP contribution in [0, 0.1) is 5.92 Å². The van der Waals surface area contributed by atoms with Crippen molar-refractivity contribution in [1.82, 2.24) is 14.5 Å². The van der Waals surface area contributed by atoms with Gasteiger partial charge in [0.2, 0.25) is 0 Å². The van der Waals surface area contributed by atoms with Gasteiger partial charge in [0.05, 0.1) is 0 Å². The second-order valence-corrected chi connectivity index (χ2v) is 8.74. The lowest BCUT2D eigenvalue weighted by Gasteiger charge is -2.44. The van der Waals surface area contributed by atoms with E-state index < -0.39 is 12.0 Å². The molecule has 0 radical (unpaired) electrons. The van der Waals surface area contributed by atoms with E-state index in [0.717, 1.165) is 33.1 Å². The third-order valence-electron chi connectivity index (χ3n) is 6.08. The maximum absolute atomic E-state index is 12.3. The molecular weight excluding hydrogens is 422 g/mol. The number of nitrogens with zero attached hydrogens (tertiary/aromatic N) is 2. The first kappa shape index (κ1) is 17.7. The largest absolute Gasteiger partial charge is 0.480 e. The maximum Gasteiger partial charge on any atom is 0.325 e. The lowest BCUT2D eigenvalue weighted by Crippen LogP contribution is -2.49. The molecule has 7 heteroatoms. The van der Waals surface area contributed by atoms with Gasteiger partial charge in [-0.05, 0) is 30.5 Å². The number of carboxylic acids is 1. The first-order valence-corrected chi connectivity index (χ1v) is 10.2. The molecule has 6 nitrogen and oxygen atoms in total. The summed E-state index contributed by atoms with van der Waals surface area (Å²) in [5.41, 5.74) is 2.78. The number of benzene rings is 1. The van der Waals surface area contributed by atoms with Crippen LogP contribution >= 0.6 is 15.9 Å². The number of carbonyl (C=O) groups is 1. The molecule has 1 aromatic carbocycles. The van der Waals surface area contributed by atoms with Gasteiger partial charge in [0.25, 0.3) is 5.56 Å². The van der Waals surface area contributed by atoms with Crippen LogP contribution in [0.4, 0.5) is 0 Å². The summed E-state index contributed by atoms with van der Waals surface area (Å²) in [5, 5.41) is 11.0.